The van der Waals surface area contributed by atoms with Crippen LogP contribution in [0, 0.1) is 0 Å². The lowest BCUT2D eigenvalue weighted by atomic mass is 10.1. The average Bonchev–Trinajstić information content (AvgIpc) is 2.08. The van der Waals surface area contributed by atoms with Gasteiger partial charge in [0.05, 0.1) is 6.16 Å². The Morgan fingerprint density at radius 2 is 1.67 bits per heavy atom. The van der Waals surface area contributed by atoms with E-state index in [0.29, 0.717) is 6.42 Å². The smallest absolute Gasteiger partial charge is 0.324 e. The molecule has 0 aromatic carbocycles. The van der Waals surface area contributed by atoms with Crippen molar-refractivity contribution in [2.75, 3.05) is 6.16 Å². The van der Waals surface area contributed by atoms with Gasteiger partial charge in [-0.1, -0.05) is 45.4 Å². The lowest BCUT2D eigenvalue weighted by Gasteiger charge is -2.10. The maximum absolute atomic E-state index is 10.6. The number of halogens is 1. The second-order valence-corrected chi connectivity index (χ2v) is 6.31. The summed E-state index contributed by atoms with van der Waals surface area (Å²) in [5.74, 6) is 0. The lowest BCUT2D eigenvalue weighted by Crippen LogP contribution is -2.05. The maximum atomic E-state index is 10.6. The fourth-order valence-electron chi connectivity index (χ4n) is 1.50. The van der Waals surface area contributed by atoms with Crippen molar-refractivity contribution in [2.24, 2.45) is 0 Å². The van der Waals surface area contributed by atoms with Gasteiger partial charge in [0.15, 0.2) is 0 Å². The van der Waals surface area contributed by atoms with Crippen LogP contribution in [0.3, 0.4) is 0 Å². The van der Waals surface area contributed by atoms with Crippen LogP contribution in [0.15, 0.2) is 0 Å². The van der Waals surface area contributed by atoms with Gasteiger partial charge in [0.2, 0.25) is 0 Å². The Morgan fingerprint density at radius 1 is 1.13 bits per heavy atom. The van der Waals surface area contributed by atoms with Crippen LogP contribution in [-0.4, -0.2) is 21.3 Å². The number of unbranched alkanes of at least 4 members (excludes halogenated alkanes) is 5. The molecule has 0 fully saturated rings. The molecule has 15 heavy (non-hydrogen) atoms. The van der Waals surface area contributed by atoms with Crippen LogP contribution in [0.25, 0.3) is 0 Å². The van der Waals surface area contributed by atoms with Crippen molar-refractivity contribution in [1.82, 2.24) is 0 Å². The Kier molecular flexibility index (Phi) is 8.83. The van der Waals surface area contributed by atoms with Gasteiger partial charge >= 0.3 is 7.60 Å². The standard InChI is InChI=1S/C10H22ClO3P/c1-2-3-4-5-6-7-8-10(11)9-15(12,13)14/h10H,2-9H2,1H3,(H2,12,13,14). The van der Waals surface area contributed by atoms with Crippen molar-refractivity contribution in [3.05, 3.63) is 0 Å². The van der Waals surface area contributed by atoms with Crippen molar-refractivity contribution in [2.45, 2.75) is 57.2 Å². The molecular weight excluding hydrogens is 235 g/mol. The van der Waals surface area contributed by atoms with Gasteiger partial charge in [0.25, 0.3) is 0 Å². The zero-order valence-electron chi connectivity index (χ0n) is 9.36. The number of alkyl halides is 1. The summed E-state index contributed by atoms with van der Waals surface area (Å²) < 4.78 is 10.6. The summed E-state index contributed by atoms with van der Waals surface area (Å²) in [5, 5.41) is -0.378. The SMILES string of the molecule is CCCCCCCCC(Cl)CP(=O)(O)O. The highest BCUT2D eigenvalue weighted by molar-refractivity contribution is 7.51. The Bertz CT molecular complexity index is 193. The summed E-state index contributed by atoms with van der Waals surface area (Å²) in [7, 11) is -3.92. The van der Waals surface area contributed by atoms with Crippen LogP contribution in [0.4, 0.5) is 0 Å². The minimum atomic E-state index is -3.92. The molecule has 0 aliphatic carbocycles. The molecule has 5 heteroatoms. The van der Waals surface area contributed by atoms with E-state index in [4.69, 9.17) is 21.4 Å². The first-order valence-electron chi connectivity index (χ1n) is 5.64. The topological polar surface area (TPSA) is 57.5 Å². The predicted octanol–water partition coefficient (Wildman–Crippen LogP) is 3.52. The molecule has 1 atom stereocenters. The van der Waals surface area contributed by atoms with E-state index >= 15 is 0 Å². The maximum Gasteiger partial charge on any atom is 0.327 e. The van der Waals surface area contributed by atoms with E-state index in [1.54, 1.807) is 0 Å². The molecule has 0 aromatic heterocycles. The van der Waals surface area contributed by atoms with Crippen molar-refractivity contribution in [3.8, 4) is 0 Å². The Balaban J connectivity index is 3.32. The van der Waals surface area contributed by atoms with E-state index in [1.165, 1.54) is 25.7 Å². The molecule has 0 aliphatic heterocycles. The summed E-state index contributed by atoms with van der Waals surface area (Å²) in [6.45, 7) is 2.18. The molecule has 0 amide bonds. The summed E-state index contributed by atoms with van der Waals surface area (Å²) in [4.78, 5) is 17.4. The molecule has 92 valence electrons. The zero-order valence-corrected chi connectivity index (χ0v) is 11.0. The molecule has 0 saturated carbocycles. The molecule has 0 spiro atoms. The predicted molar refractivity (Wildman–Crippen MR) is 64.5 cm³/mol. The third kappa shape index (κ3) is 12.4. The quantitative estimate of drug-likeness (QED) is 0.377. The molecule has 0 aliphatic rings. The zero-order chi connectivity index (χ0) is 11.7. The Hall–Kier alpha value is 0.440. The van der Waals surface area contributed by atoms with E-state index in [-0.39, 0.29) is 11.5 Å². The van der Waals surface area contributed by atoms with Crippen molar-refractivity contribution in [3.63, 3.8) is 0 Å². The van der Waals surface area contributed by atoms with Crippen molar-refractivity contribution >= 4 is 19.2 Å². The van der Waals surface area contributed by atoms with Crippen molar-refractivity contribution < 1.29 is 14.4 Å². The molecule has 0 saturated heterocycles. The molecule has 2 N–H and O–H groups in total. The van der Waals surface area contributed by atoms with Gasteiger partial charge in [0.1, 0.15) is 0 Å². The van der Waals surface area contributed by atoms with Gasteiger partial charge < -0.3 is 9.79 Å². The van der Waals surface area contributed by atoms with E-state index in [2.05, 4.69) is 6.92 Å². The molecule has 0 heterocycles. The highest BCUT2D eigenvalue weighted by Gasteiger charge is 2.18. The fraction of sp³-hybridized carbons (Fsp3) is 1.00. The normalized spacial score (nSPS) is 14.1. The third-order valence-electron chi connectivity index (χ3n) is 2.31. The first kappa shape index (κ1) is 15.4. The van der Waals surface area contributed by atoms with Crippen molar-refractivity contribution in [1.29, 1.82) is 0 Å². The molecule has 0 bridgehead atoms. The minimum absolute atomic E-state index is 0.191. The van der Waals surface area contributed by atoms with E-state index in [9.17, 15) is 4.57 Å². The number of hydrogen-bond acceptors (Lipinski definition) is 1. The summed E-state index contributed by atoms with van der Waals surface area (Å²) in [6, 6.07) is 0. The van der Waals surface area contributed by atoms with E-state index in [1.807, 2.05) is 0 Å². The molecular formula is C10H22ClO3P. The first-order valence-corrected chi connectivity index (χ1v) is 7.87. The highest BCUT2D eigenvalue weighted by Crippen LogP contribution is 2.37. The van der Waals surface area contributed by atoms with Gasteiger partial charge in [-0.2, -0.15) is 0 Å². The summed E-state index contributed by atoms with van der Waals surface area (Å²) in [5.41, 5.74) is 0. The molecule has 0 rings (SSSR count). The largest absolute Gasteiger partial charge is 0.327 e. The fourth-order valence-corrected chi connectivity index (χ4v) is 2.89. The summed E-state index contributed by atoms with van der Waals surface area (Å²) in [6.07, 6.45) is 7.56. The molecule has 0 radical (unpaired) electrons. The van der Waals surface area contributed by atoms with Gasteiger partial charge in [-0.3, -0.25) is 4.57 Å². The second kappa shape index (κ2) is 8.58. The third-order valence-corrected chi connectivity index (χ3v) is 3.81. The number of rotatable bonds is 9. The van der Waals surface area contributed by atoms with Gasteiger partial charge in [-0.25, -0.2) is 0 Å². The molecule has 3 nitrogen and oxygen atoms in total. The highest BCUT2D eigenvalue weighted by atomic mass is 35.5. The van der Waals surface area contributed by atoms with Crippen LogP contribution in [0.2, 0.25) is 0 Å². The van der Waals surface area contributed by atoms with Crippen LogP contribution in [0.5, 0.6) is 0 Å². The van der Waals surface area contributed by atoms with Crippen LogP contribution in [-0.2, 0) is 4.57 Å². The van der Waals surface area contributed by atoms with Crippen LogP contribution in [0.1, 0.15) is 51.9 Å². The van der Waals surface area contributed by atoms with E-state index < -0.39 is 7.60 Å². The molecule has 0 aromatic rings. The Labute approximate surface area is 97.4 Å². The minimum Gasteiger partial charge on any atom is -0.324 e. The van der Waals surface area contributed by atoms with Gasteiger partial charge in [-0.15, -0.1) is 11.6 Å². The average molecular weight is 257 g/mol. The van der Waals surface area contributed by atoms with Gasteiger partial charge in [0, 0.05) is 5.38 Å². The van der Waals surface area contributed by atoms with Crippen LogP contribution < -0.4 is 0 Å². The Morgan fingerprint density at radius 3 is 2.20 bits per heavy atom. The monoisotopic (exact) mass is 256 g/mol. The second-order valence-electron chi connectivity index (χ2n) is 4.00. The first-order chi connectivity index (χ1) is 6.95. The van der Waals surface area contributed by atoms with E-state index in [0.717, 1.165) is 12.8 Å². The van der Waals surface area contributed by atoms with Crippen LogP contribution >= 0.6 is 19.2 Å². The molecule has 1 unspecified atom stereocenters. The van der Waals surface area contributed by atoms with Gasteiger partial charge in [-0.05, 0) is 6.42 Å². The summed E-state index contributed by atoms with van der Waals surface area (Å²) >= 11 is 5.81. The number of hydrogen-bond donors (Lipinski definition) is 2. The lowest BCUT2D eigenvalue weighted by molar-refractivity contribution is 0.371.